The van der Waals surface area contributed by atoms with Gasteiger partial charge in [0.25, 0.3) is 5.91 Å². The summed E-state index contributed by atoms with van der Waals surface area (Å²) in [6.45, 7) is 3.74. The second kappa shape index (κ2) is 9.55. The Morgan fingerprint density at radius 3 is 2.65 bits per heavy atom. The lowest BCUT2D eigenvalue weighted by Gasteiger charge is -2.18. The molecule has 31 heavy (non-hydrogen) atoms. The molecule has 1 aromatic heterocycles. The minimum atomic E-state index is -3.96. The molecule has 164 valence electrons. The predicted molar refractivity (Wildman–Crippen MR) is 118 cm³/mol. The third-order valence-corrected chi connectivity index (χ3v) is 6.58. The summed E-state index contributed by atoms with van der Waals surface area (Å²) in [5, 5.41) is 2.89. The van der Waals surface area contributed by atoms with Gasteiger partial charge >= 0.3 is 0 Å². The van der Waals surface area contributed by atoms with Crippen molar-refractivity contribution in [3.63, 3.8) is 0 Å². The molecular formula is C22H23ClN2O5S. The maximum absolute atomic E-state index is 12.8. The zero-order valence-electron chi connectivity index (χ0n) is 17.3. The molecule has 2 N–H and O–H groups in total. The normalized spacial score (nSPS) is 12.4. The average Bonchev–Trinajstić information content (AvgIpc) is 3.26. The van der Waals surface area contributed by atoms with Gasteiger partial charge in [0, 0.05) is 11.1 Å². The van der Waals surface area contributed by atoms with Gasteiger partial charge in [0.1, 0.15) is 16.4 Å². The summed E-state index contributed by atoms with van der Waals surface area (Å²) >= 11 is 6.11. The summed E-state index contributed by atoms with van der Waals surface area (Å²) < 4.78 is 38.3. The minimum absolute atomic E-state index is 0.0110. The summed E-state index contributed by atoms with van der Waals surface area (Å²) in [4.78, 5) is 12.6. The van der Waals surface area contributed by atoms with Crippen molar-refractivity contribution in [2.75, 3.05) is 7.11 Å². The summed E-state index contributed by atoms with van der Waals surface area (Å²) in [5.41, 5.74) is 2.01. The molecule has 0 radical (unpaired) electrons. The Labute approximate surface area is 186 Å². The fraction of sp³-hybridized carbons (Fsp3) is 0.227. The van der Waals surface area contributed by atoms with Crippen LogP contribution in [0.4, 0.5) is 0 Å². The van der Waals surface area contributed by atoms with Crippen LogP contribution < -0.4 is 14.8 Å². The van der Waals surface area contributed by atoms with E-state index in [2.05, 4.69) is 10.0 Å². The van der Waals surface area contributed by atoms with E-state index < -0.39 is 15.9 Å². The molecule has 1 atom stereocenters. The molecular weight excluding hydrogens is 440 g/mol. The van der Waals surface area contributed by atoms with Crippen molar-refractivity contribution < 1.29 is 22.4 Å². The third-order valence-electron chi connectivity index (χ3n) is 4.70. The number of hydrogen-bond donors (Lipinski definition) is 2. The maximum atomic E-state index is 12.8. The summed E-state index contributed by atoms with van der Waals surface area (Å²) in [5.74, 6) is 0.671. The van der Waals surface area contributed by atoms with E-state index >= 15 is 0 Å². The average molecular weight is 463 g/mol. The SMILES string of the molecule is COc1ccc(C)cc1C(C)NC(=O)c1ccc(Cl)c(S(=O)(=O)NCc2ccco2)c1. The molecule has 0 aliphatic heterocycles. The Morgan fingerprint density at radius 1 is 1.19 bits per heavy atom. The highest BCUT2D eigenvalue weighted by atomic mass is 35.5. The van der Waals surface area contributed by atoms with Gasteiger partial charge in [-0.25, -0.2) is 13.1 Å². The molecule has 0 fully saturated rings. The molecule has 0 saturated heterocycles. The lowest BCUT2D eigenvalue weighted by molar-refractivity contribution is 0.0939. The van der Waals surface area contributed by atoms with Crippen LogP contribution in [0.15, 0.2) is 64.1 Å². The number of amides is 1. The van der Waals surface area contributed by atoms with Gasteiger partial charge in [-0.15, -0.1) is 0 Å². The van der Waals surface area contributed by atoms with Gasteiger partial charge in [0.2, 0.25) is 10.0 Å². The van der Waals surface area contributed by atoms with E-state index in [4.69, 9.17) is 20.8 Å². The zero-order valence-corrected chi connectivity index (χ0v) is 18.9. The van der Waals surface area contributed by atoms with Crippen molar-refractivity contribution >= 4 is 27.5 Å². The largest absolute Gasteiger partial charge is 0.496 e. The molecule has 1 unspecified atom stereocenters. The molecule has 7 nitrogen and oxygen atoms in total. The first kappa shape index (κ1) is 22.9. The van der Waals surface area contributed by atoms with Gasteiger partial charge in [-0.05, 0) is 50.2 Å². The highest BCUT2D eigenvalue weighted by Crippen LogP contribution is 2.27. The topological polar surface area (TPSA) is 97.6 Å². The molecule has 0 bridgehead atoms. The molecule has 0 spiro atoms. The summed E-state index contributed by atoms with van der Waals surface area (Å²) in [7, 11) is -2.40. The first-order chi connectivity index (χ1) is 14.7. The molecule has 3 aromatic rings. The van der Waals surface area contributed by atoms with Crippen LogP contribution in [0.2, 0.25) is 5.02 Å². The molecule has 9 heteroatoms. The summed E-state index contributed by atoms with van der Waals surface area (Å²) in [6, 6.07) is 12.7. The fourth-order valence-electron chi connectivity index (χ4n) is 3.06. The zero-order chi connectivity index (χ0) is 22.6. The number of nitrogens with one attached hydrogen (secondary N) is 2. The van der Waals surface area contributed by atoms with Crippen LogP contribution in [-0.4, -0.2) is 21.4 Å². The van der Waals surface area contributed by atoms with Gasteiger partial charge in [-0.3, -0.25) is 4.79 Å². The quantitative estimate of drug-likeness (QED) is 0.522. The van der Waals surface area contributed by atoms with Crippen LogP contribution in [0, 0.1) is 6.92 Å². The van der Waals surface area contributed by atoms with Gasteiger partial charge in [0.15, 0.2) is 0 Å². The lowest BCUT2D eigenvalue weighted by Crippen LogP contribution is -2.28. The number of hydrogen-bond acceptors (Lipinski definition) is 5. The molecule has 1 heterocycles. The number of benzene rings is 2. The van der Waals surface area contributed by atoms with E-state index in [-0.39, 0.29) is 28.1 Å². The second-order valence-corrected chi connectivity index (χ2v) is 9.13. The van der Waals surface area contributed by atoms with Gasteiger partial charge < -0.3 is 14.5 Å². The molecule has 3 rings (SSSR count). The Balaban J connectivity index is 1.80. The van der Waals surface area contributed by atoms with Crippen molar-refractivity contribution in [3.05, 3.63) is 82.3 Å². The number of rotatable bonds is 8. The van der Waals surface area contributed by atoms with E-state index in [9.17, 15) is 13.2 Å². The van der Waals surface area contributed by atoms with Crippen molar-refractivity contribution in [1.82, 2.24) is 10.0 Å². The highest BCUT2D eigenvalue weighted by molar-refractivity contribution is 7.89. The first-order valence-electron chi connectivity index (χ1n) is 9.48. The minimum Gasteiger partial charge on any atom is -0.496 e. The van der Waals surface area contributed by atoms with Crippen LogP contribution in [0.25, 0.3) is 0 Å². The van der Waals surface area contributed by atoms with Crippen LogP contribution in [-0.2, 0) is 16.6 Å². The second-order valence-electron chi connectivity index (χ2n) is 6.99. The van der Waals surface area contributed by atoms with Crippen LogP contribution in [0.1, 0.15) is 40.2 Å². The number of halogens is 1. The Bertz CT molecular complexity index is 1180. The van der Waals surface area contributed by atoms with Crippen molar-refractivity contribution in [2.24, 2.45) is 0 Å². The van der Waals surface area contributed by atoms with Crippen molar-refractivity contribution in [1.29, 1.82) is 0 Å². The van der Waals surface area contributed by atoms with Crippen LogP contribution in [0.3, 0.4) is 0 Å². The fourth-order valence-corrected chi connectivity index (χ4v) is 4.57. The van der Waals surface area contributed by atoms with Crippen LogP contribution >= 0.6 is 11.6 Å². The van der Waals surface area contributed by atoms with E-state index in [0.717, 1.165) is 11.1 Å². The number of carbonyl (C=O) groups excluding carboxylic acids is 1. The highest BCUT2D eigenvalue weighted by Gasteiger charge is 2.22. The smallest absolute Gasteiger partial charge is 0.251 e. The molecule has 0 saturated carbocycles. The van der Waals surface area contributed by atoms with Crippen LogP contribution in [0.5, 0.6) is 5.75 Å². The first-order valence-corrected chi connectivity index (χ1v) is 11.3. The third kappa shape index (κ3) is 5.46. The van der Waals surface area contributed by atoms with Crippen molar-refractivity contribution in [3.8, 4) is 5.75 Å². The Kier molecular flexibility index (Phi) is 7.04. The van der Waals surface area contributed by atoms with Crippen molar-refractivity contribution in [2.45, 2.75) is 31.3 Å². The predicted octanol–water partition coefficient (Wildman–Crippen LogP) is 4.22. The lowest BCUT2D eigenvalue weighted by atomic mass is 10.0. The van der Waals surface area contributed by atoms with E-state index in [1.54, 1.807) is 19.2 Å². The molecule has 1 amide bonds. The maximum Gasteiger partial charge on any atom is 0.251 e. The van der Waals surface area contributed by atoms with E-state index in [1.807, 2.05) is 32.0 Å². The Hall–Kier alpha value is -2.81. The van der Waals surface area contributed by atoms with E-state index in [0.29, 0.717) is 11.5 Å². The molecule has 0 aliphatic carbocycles. The molecule has 0 aliphatic rings. The number of methoxy groups -OCH3 is 1. The standard InChI is InChI=1S/C22H23ClN2O5S/c1-14-6-9-20(29-3)18(11-14)15(2)25-22(26)16-7-8-19(23)21(12-16)31(27,28)24-13-17-5-4-10-30-17/h4-12,15,24H,13H2,1-3H3,(H,25,26). The van der Waals surface area contributed by atoms with E-state index in [1.165, 1.54) is 24.5 Å². The Morgan fingerprint density at radius 2 is 1.97 bits per heavy atom. The number of furan rings is 1. The number of carbonyl (C=O) groups is 1. The molecule has 2 aromatic carbocycles. The number of ether oxygens (including phenoxy) is 1. The summed E-state index contributed by atoms with van der Waals surface area (Å²) in [6.07, 6.45) is 1.45. The number of aryl methyl sites for hydroxylation is 1. The van der Waals surface area contributed by atoms with Gasteiger partial charge in [-0.2, -0.15) is 0 Å². The monoisotopic (exact) mass is 462 g/mol. The number of sulfonamides is 1. The van der Waals surface area contributed by atoms with Gasteiger partial charge in [0.05, 0.1) is 31.0 Å². The van der Waals surface area contributed by atoms with Gasteiger partial charge in [-0.1, -0.05) is 29.3 Å².